The van der Waals surface area contributed by atoms with Crippen LogP contribution in [0.25, 0.3) is 0 Å². The molecule has 43 heavy (non-hydrogen) atoms. The second-order valence-electron chi connectivity index (χ2n) is 8.93. The number of ether oxygens (including phenoxy) is 2. The smallest absolute Gasteiger partial charge is 0.435 e. The van der Waals surface area contributed by atoms with E-state index in [0.717, 1.165) is 14.0 Å². The van der Waals surface area contributed by atoms with Gasteiger partial charge in [-0.3, -0.25) is 9.59 Å². The van der Waals surface area contributed by atoms with E-state index in [2.05, 4.69) is 10.1 Å². The zero-order valence-corrected chi connectivity index (χ0v) is 22.5. The molecule has 0 radical (unpaired) electrons. The number of halogens is 9. The highest BCUT2D eigenvalue weighted by molar-refractivity contribution is 6.11. The van der Waals surface area contributed by atoms with Crippen LogP contribution in [0, 0.1) is 6.92 Å². The van der Waals surface area contributed by atoms with Crippen molar-refractivity contribution in [2.24, 2.45) is 0 Å². The number of carbonyl (C=O) groups excluding carboxylic acids is 2. The number of hydrogen-bond acceptors (Lipinski definition) is 4. The summed E-state index contributed by atoms with van der Waals surface area (Å²) in [5.74, 6) is -3.14. The fourth-order valence-corrected chi connectivity index (χ4v) is 4.26. The van der Waals surface area contributed by atoms with Gasteiger partial charge in [-0.2, -0.15) is 35.1 Å². The Morgan fingerprint density at radius 1 is 0.907 bits per heavy atom. The van der Waals surface area contributed by atoms with Gasteiger partial charge >= 0.3 is 24.6 Å². The number of hydrogen-bond donors (Lipinski definition) is 1. The molecule has 0 saturated heterocycles. The highest BCUT2D eigenvalue weighted by Crippen LogP contribution is 2.54. The van der Waals surface area contributed by atoms with Crippen LogP contribution in [0.2, 0.25) is 0 Å². The van der Waals surface area contributed by atoms with E-state index in [0.29, 0.717) is 5.56 Å². The van der Waals surface area contributed by atoms with Crippen LogP contribution in [-0.4, -0.2) is 44.4 Å². The van der Waals surface area contributed by atoms with Crippen molar-refractivity contribution < 1.29 is 58.6 Å². The van der Waals surface area contributed by atoms with Crippen LogP contribution >= 0.6 is 0 Å². The lowest BCUT2D eigenvalue weighted by molar-refractivity contribution is -0.348. The summed E-state index contributed by atoms with van der Waals surface area (Å²) in [5.41, 5.74) is -9.34. The van der Waals surface area contributed by atoms with Crippen LogP contribution < -0.4 is 19.7 Å². The number of rotatable bonds is 9. The summed E-state index contributed by atoms with van der Waals surface area (Å²) >= 11 is 0. The Balaban J connectivity index is 2.11. The van der Waals surface area contributed by atoms with Crippen molar-refractivity contribution in [1.82, 2.24) is 0 Å². The third-order valence-corrected chi connectivity index (χ3v) is 6.25. The van der Waals surface area contributed by atoms with Gasteiger partial charge in [0.25, 0.3) is 11.8 Å². The normalized spacial score (nSPS) is 12.2. The Bertz CT molecular complexity index is 1460. The largest absolute Gasteiger partial charge is 0.494 e. The molecule has 0 aromatic heterocycles. The number of nitrogens with zero attached hydrogens (tertiary/aromatic N) is 1. The molecular weight excluding hydrogens is 599 g/mol. The molecule has 0 spiro atoms. The van der Waals surface area contributed by atoms with Gasteiger partial charge in [0.15, 0.2) is 5.75 Å². The summed E-state index contributed by atoms with van der Waals surface area (Å²) in [5, 5.41) is 2.11. The molecule has 0 bridgehead atoms. The summed E-state index contributed by atoms with van der Waals surface area (Å²) in [4.78, 5) is 27.7. The molecule has 2 amide bonds. The minimum atomic E-state index is -6.53. The van der Waals surface area contributed by atoms with Crippen LogP contribution in [0.5, 0.6) is 11.5 Å². The molecule has 1 N–H and O–H groups in total. The molecule has 3 aromatic rings. The van der Waals surface area contributed by atoms with E-state index in [4.69, 9.17) is 4.74 Å². The number of methoxy groups -OCH3 is 1. The first-order valence-electron chi connectivity index (χ1n) is 12.2. The molecule has 0 fully saturated rings. The summed E-state index contributed by atoms with van der Waals surface area (Å²) in [6.07, 6.45) is -13.1. The minimum Gasteiger partial charge on any atom is -0.494 e. The number of benzene rings is 3. The third-order valence-electron chi connectivity index (χ3n) is 6.25. The quantitative estimate of drug-likeness (QED) is 0.247. The van der Waals surface area contributed by atoms with Crippen molar-refractivity contribution >= 4 is 23.2 Å². The first-order chi connectivity index (χ1) is 20.0. The molecule has 0 atom stereocenters. The number of nitrogens with one attached hydrogen (secondary N) is 1. The second kappa shape index (κ2) is 12.4. The first kappa shape index (κ1) is 33.1. The van der Waals surface area contributed by atoms with E-state index in [1.165, 1.54) is 23.1 Å². The maximum atomic E-state index is 14.7. The Labute approximate surface area is 239 Å². The van der Waals surface area contributed by atoms with Crippen LogP contribution in [0.4, 0.5) is 50.9 Å². The Kier molecular flexibility index (Phi) is 9.56. The van der Waals surface area contributed by atoms with Crippen LogP contribution in [0.15, 0.2) is 60.7 Å². The average Bonchev–Trinajstić information content (AvgIpc) is 2.93. The Morgan fingerprint density at radius 2 is 1.51 bits per heavy atom. The van der Waals surface area contributed by atoms with Gasteiger partial charge in [-0.15, -0.1) is 0 Å². The van der Waals surface area contributed by atoms with Gasteiger partial charge in [0.1, 0.15) is 5.75 Å². The molecule has 3 rings (SSSR count). The summed E-state index contributed by atoms with van der Waals surface area (Å²) in [6.45, 7) is -1.18. The zero-order chi connectivity index (χ0) is 32.3. The van der Waals surface area contributed by atoms with E-state index in [1.807, 2.05) is 0 Å². The number of alkyl halides is 9. The van der Waals surface area contributed by atoms with Crippen LogP contribution in [0.1, 0.15) is 38.8 Å². The van der Waals surface area contributed by atoms with Gasteiger partial charge < -0.3 is 19.7 Å². The van der Waals surface area contributed by atoms with Crippen LogP contribution in [0.3, 0.4) is 0 Å². The standard InChI is InChI=1S/C28H23F9N2O4/c1-4-39(24(41)16-9-6-5-7-10-16)19-12-8-11-18(22(19)42-3)23(40)38-21-15(2)13-17(14-20(21)43-25(29)30)26(31,27(32,33)34)28(35,36)37/h5-14,25H,4H2,1-3H3,(H,38,40). The average molecular weight is 622 g/mol. The molecule has 15 heteroatoms. The van der Waals surface area contributed by atoms with E-state index < -0.39 is 59.0 Å². The SMILES string of the molecule is CCN(C(=O)c1ccccc1)c1cccc(C(=O)Nc2c(C)cc(C(F)(C(F)(F)F)C(F)(F)F)cc2OC(F)F)c1OC. The van der Waals surface area contributed by atoms with Gasteiger partial charge in [-0.1, -0.05) is 24.3 Å². The maximum absolute atomic E-state index is 14.7. The summed E-state index contributed by atoms with van der Waals surface area (Å²) in [6, 6.07) is 12.0. The molecule has 0 aliphatic heterocycles. The lowest BCUT2D eigenvalue weighted by atomic mass is 9.92. The van der Waals surface area contributed by atoms with Crippen molar-refractivity contribution in [3.05, 3.63) is 82.9 Å². The van der Waals surface area contributed by atoms with Crippen molar-refractivity contribution in [2.45, 2.75) is 38.5 Å². The summed E-state index contributed by atoms with van der Waals surface area (Å²) in [7, 11) is 1.16. The lowest BCUT2D eigenvalue weighted by Crippen LogP contribution is -2.50. The van der Waals surface area contributed by atoms with Gasteiger partial charge in [0, 0.05) is 17.7 Å². The Morgan fingerprint density at radius 3 is 2.02 bits per heavy atom. The zero-order valence-electron chi connectivity index (χ0n) is 22.5. The van der Waals surface area contributed by atoms with Gasteiger partial charge in [-0.05, 0) is 55.8 Å². The first-order valence-corrected chi connectivity index (χ1v) is 12.2. The monoisotopic (exact) mass is 622 g/mol. The lowest BCUT2D eigenvalue weighted by Gasteiger charge is -2.31. The van der Waals surface area contributed by atoms with E-state index in [1.54, 1.807) is 37.3 Å². The minimum absolute atomic E-state index is 0.103. The van der Waals surface area contributed by atoms with Gasteiger partial charge in [-0.25, -0.2) is 4.39 Å². The highest BCUT2D eigenvalue weighted by atomic mass is 19.4. The molecule has 0 saturated carbocycles. The van der Waals surface area contributed by atoms with Gasteiger partial charge in [0.05, 0.1) is 24.0 Å². The Hall–Kier alpha value is -4.43. The number of carbonyl (C=O) groups is 2. The molecular formula is C28H23F9N2O4. The molecule has 0 heterocycles. The van der Waals surface area contributed by atoms with Crippen molar-refractivity contribution in [3.8, 4) is 11.5 Å². The number of anilines is 2. The number of amides is 2. The fraction of sp³-hybridized carbons (Fsp3) is 0.286. The summed E-state index contributed by atoms with van der Waals surface area (Å²) < 4.78 is 130. The van der Waals surface area contributed by atoms with Crippen LogP contribution in [-0.2, 0) is 5.67 Å². The number of aryl methyl sites for hydroxylation is 1. The fourth-order valence-electron chi connectivity index (χ4n) is 4.26. The molecule has 232 valence electrons. The number of para-hydroxylation sites is 1. The molecule has 3 aromatic carbocycles. The van der Waals surface area contributed by atoms with Gasteiger partial charge in [0.2, 0.25) is 0 Å². The molecule has 6 nitrogen and oxygen atoms in total. The van der Waals surface area contributed by atoms with Crippen molar-refractivity contribution in [3.63, 3.8) is 0 Å². The van der Waals surface area contributed by atoms with Crippen molar-refractivity contribution in [1.29, 1.82) is 0 Å². The van der Waals surface area contributed by atoms with E-state index in [-0.39, 0.29) is 35.7 Å². The van der Waals surface area contributed by atoms with Crippen molar-refractivity contribution in [2.75, 3.05) is 23.9 Å². The highest BCUT2D eigenvalue weighted by Gasteiger charge is 2.73. The third kappa shape index (κ3) is 6.49. The second-order valence-corrected chi connectivity index (χ2v) is 8.93. The predicted octanol–water partition coefficient (Wildman–Crippen LogP) is 7.81. The van der Waals surface area contributed by atoms with E-state index >= 15 is 0 Å². The molecule has 0 aliphatic carbocycles. The van der Waals surface area contributed by atoms with E-state index in [9.17, 15) is 49.1 Å². The predicted molar refractivity (Wildman–Crippen MR) is 137 cm³/mol. The molecule has 0 unspecified atom stereocenters. The molecule has 0 aliphatic rings. The maximum Gasteiger partial charge on any atom is 0.435 e. The topological polar surface area (TPSA) is 67.9 Å².